The Morgan fingerprint density at radius 3 is 2.58 bits per heavy atom. The molecule has 24 heavy (non-hydrogen) atoms. The Labute approximate surface area is 142 Å². The lowest BCUT2D eigenvalue weighted by Crippen LogP contribution is -2.58. The predicted molar refractivity (Wildman–Crippen MR) is 91.8 cm³/mol. The second kappa shape index (κ2) is 8.44. The average Bonchev–Trinajstić information content (AvgIpc) is 2.61. The van der Waals surface area contributed by atoms with Gasteiger partial charge in [0.05, 0.1) is 18.4 Å². The molecule has 1 fully saturated rings. The highest BCUT2D eigenvalue weighted by Gasteiger charge is 2.34. The molecule has 0 aromatic heterocycles. The highest BCUT2D eigenvalue weighted by molar-refractivity contribution is 6.13. The van der Waals surface area contributed by atoms with Crippen molar-refractivity contribution in [1.82, 2.24) is 15.1 Å². The predicted octanol–water partition coefficient (Wildman–Crippen LogP) is 1.90. The number of hydrogen-bond acceptors (Lipinski definition) is 4. The van der Waals surface area contributed by atoms with Gasteiger partial charge in [-0.1, -0.05) is 18.2 Å². The average molecular weight is 332 g/mol. The van der Waals surface area contributed by atoms with Crippen molar-refractivity contribution in [2.75, 3.05) is 32.1 Å². The Morgan fingerprint density at radius 2 is 1.96 bits per heavy atom. The van der Waals surface area contributed by atoms with Crippen LogP contribution in [0.15, 0.2) is 30.3 Å². The molecule has 1 aromatic carbocycles. The number of hydrogen-bond donors (Lipinski definition) is 1. The van der Waals surface area contributed by atoms with Crippen LogP contribution in [0.2, 0.25) is 0 Å². The van der Waals surface area contributed by atoms with E-state index in [-0.39, 0.29) is 18.7 Å². The van der Waals surface area contributed by atoms with Crippen molar-refractivity contribution < 1.29 is 14.4 Å². The highest BCUT2D eigenvalue weighted by atomic mass is 16.2. The van der Waals surface area contributed by atoms with Gasteiger partial charge >= 0.3 is 12.1 Å². The van der Waals surface area contributed by atoms with Gasteiger partial charge in [0.15, 0.2) is 0 Å². The number of nitrogens with zero attached hydrogens (tertiary/aromatic N) is 3. The number of likely N-dealkylation sites (tertiary alicyclic amines) is 1. The summed E-state index contributed by atoms with van der Waals surface area (Å²) in [6.07, 6.45) is 3.38. The largest absolute Gasteiger partial charge is 0.334 e. The number of carbonyl (C=O) groups excluding carboxylic acids is 3. The number of piperidine rings is 1. The first-order valence-corrected chi connectivity index (χ1v) is 8.10. The monoisotopic (exact) mass is 332 g/mol. The lowest BCUT2D eigenvalue weighted by molar-refractivity contribution is -0.107. The van der Waals surface area contributed by atoms with E-state index in [2.05, 4.69) is 5.32 Å². The molecule has 0 aliphatic carbocycles. The van der Waals surface area contributed by atoms with E-state index in [9.17, 15) is 14.4 Å². The van der Waals surface area contributed by atoms with E-state index in [0.29, 0.717) is 18.5 Å². The van der Waals surface area contributed by atoms with Crippen LogP contribution in [0.4, 0.5) is 15.3 Å². The smallest absolute Gasteiger partial charge is 0.330 e. The molecule has 1 unspecified atom stereocenters. The maximum atomic E-state index is 13.1. The Morgan fingerprint density at radius 1 is 1.25 bits per heavy atom. The minimum atomic E-state index is -0.596. The first-order chi connectivity index (χ1) is 11.6. The number of urea groups is 2. The summed E-state index contributed by atoms with van der Waals surface area (Å²) in [7, 11) is 3.85. The highest BCUT2D eigenvalue weighted by Crippen LogP contribution is 2.23. The van der Waals surface area contributed by atoms with E-state index in [1.807, 2.05) is 25.1 Å². The van der Waals surface area contributed by atoms with Crippen LogP contribution < -0.4 is 10.2 Å². The van der Waals surface area contributed by atoms with Gasteiger partial charge in [0.25, 0.3) is 0 Å². The van der Waals surface area contributed by atoms with Gasteiger partial charge in [0.1, 0.15) is 6.29 Å². The quantitative estimate of drug-likeness (QED) is 0.855. The molecule has 0 bridgehead atoms. The van der Waals surface area contributed by atoms with Gasteiger partial charge in [-0.25, -0.2) is 14.5 Å². The fourth-order valence-corrected chi connectivity index (χ4v) is 2.90. The fourth-order valence-electron chi connectivity index (χ4n) is 2.90. The number of imide groups is 1. The van der Waals surface area contributed by atoms with Crippen molar-refractivity contribution >= 4 is 24.0 Å². The van der Waals surface area contributed by atoms with Crippen molar-refractivity contribution in [2.45, 2.75) is 25.4 Å². The van der Waals surface area contributed by atoms with Crippen molar-refractivity contribution in [1.29, 1.82) is 0 Å². The number of aldehydes is 1. The summed E-state index contributed by atoms with van der Waals surface area (Å²) in [5.41, 5.74) is 0.481. The van der Waals surface area contributed by atoms with Gasteiger partial charge in [-0.3, -0.25) is 4.90 Å². The van der Waals surface area contributed by atoms with Crippen molar-refractivity contribution in [3.05, 3.63) is 30.3 Å². The van der Waals surface area contributed by atoms with Gasteiger partial charge in [0, 0.05) is 6.54 Å². The maximum Gasteiger partial charge on any atom is 0.334 e. The zero-order valence-electron chi connectivity index (χ0n) is 14.1. The molecule has 7 nitrogen and oxygen atoms in total. The first-order valence-electron chi connectivity index (χ1n) is 8.10. The van der Waals surface area contributed by atoms with Gasteiger partial charge < -0.3 is 15.0 Å². The number of anilines is 1. The molecule has 1 saturated heterocycles. The molecule has 1 atom stereocenters. The zero-order chi connectivity index (χ0) is 17.5. The second-order valence-corrected chi connectivity index (χ2v) is 5.94. The molecule has 1 aliphatic heterocycles. The summed E-state index contributed by atoms with van der Waals surface area (Å²) < 4.78 is 0. The van der Waals surface area contributed by atoms with E-state index in [1.165, 1.54) is 0 Å². The molecule has 7 heteroatoms. The number of nitrogens with one attached hydrogen (secondary N) is 1. The van der Waals surface area contributed by atoms with Crippen molar-refractivity contribution in [2.24, 2.45) is 0 Å². The third-order valence-electron chi connectivity index (χ3n) is 4.06. The molecule has 1 aliphatic rings. The molecule has 4 amide bonds. The number of rotatable bonds is 4. The summed E-state index contributed by atoms with van der Waals surface area (Å²) in [6.45, 7) is 0.471. The molecule has 0 spiro atoms. The van der Waals surface area contributed by atoms with Crippen LogP contribution in [0.1, 0.15) is 19.3 Å². The van der Waals surface area contributed by atoms with Gasteiger partial charge in [-0.2, -0.15) is 0 Å². The van der Waals surface area contributed by atoms with E-state index in [4.69, 9.17) is 0 Å². The minimum absolute atomic E-state index is 0.0451. The van der Waals surface area contributed by atoms with Crippen molar-refractivity contribution in [3.8, 4) is 0 Å². The number of para-hydroxylation sites is 1. The topological polar surface area (TPSA) is 73.0 Å². The number of carbonyl (C=O) groups is 3. The first kappa shape index (κ1) is 17.9. The summed E-state index contributed by atoms with van der Waals surface area (Å²) >= 11 is 0. The summed E-state index contributed by atoms with van der Waals surface area (Å²) in [4.78, 5) is 40.9. The number of benzene rings is 1. The van der Waals surface area contributed by atoms with E-state index >= 15 is 0 Å². The van der Waals surface area contributed by atoms with Crippen molar-refractivity contribution in [3.63, 3.8) is 0 Å². The summed E-state index contributed by atoms with van der Waals surface area (Å²) in [6, 6.07) is 7.79. The van der Waals surface area contributed by atoms with Crippen LogP contribution in [-0.4, -0.2) is 61.5 Å². The normalized spacial score (nSPS) is 17.5. The second-order valence-electron chi connectivity index (χ2n) is 5.94. The lowest BCUT2D eigenvalue weighted by atomic mass is 10.1. The molecule has 130 valence electrons. The lowest BCUT2D eigenvalue weighted by Gasteiger charge is -2.41. The summed E-state index contributed by atoms with van der Waals surface area (Å²) in [5, 5.41) is 2.45. The van der Waals surface area contributed by atoms with Crippen LogP contribution >= 0.6 is 0 Å². The van der Waals surface area contributed by atoms with Crippen LogP contribution in [0.5, 0.6) is 0 Å². The van der Waals surface area contributed by atoms with E-state index in [0.717, 1.165) is 24.2 Å². The van der Waals surface area contributed by atoms with Gasteiger partial charge in [-0.05, 0) is 45.5 Å². The zero-order valence-corrected chi connectivity index (χ0v) is 14.1. The Balaban J connectivity index is 2.29. The van der Waals surface area contributed by atoms with E-state index in [1.54, 1.807) is 29.2 Å². The molecular weight excluding hydrogens is 308 g/mol. The standard InChI is InChI=1S/C17H24N4O3/c1-19(2)15-10-6-7-12-20(15)17(24)21(16(23)18-11-13-22)14-8-4-3-5-9-14/h3-5,8-9,13,15H,6-7,10-12H2,1-2H3,(H,18,23). The van der Waals surface area contributed by atoms with Gasteiger partial charge in [0.2, 0.25) is 0 Å². The molecular formula is C17H24N4O3. The molecule has 2 rings (SSSR count). The van der Waals surface area contributed by atoms with E-state index < -0.39 is 6.03 Å². The molecule has 1 heterocycles. The van der Waals surface area contributed by atoms with Crippen LogP contribution in [-0.2, 0) is 4.79 Å². The maximum absolute atomic E-state index is 13.1. The molecule has 1 aromatic rings. The Hall–Kier alpha value is -2.41. The molecule has 0 saturated carbocycles. The third-order valence-corrected chi connectivity index (χ3v) is 4.06. The molecule has 0 radical (unpaired) electrons. The third kappa shape index (κ3) is 4.11. The fraction of sp³-hybridized carbons (Fsp3) is 0.471. The SMILES string of the molecule is CN(C)C1CCCCN1C(=O)N(C(=O)NCC=O)c1ccccc1. The minimum Gasteiger partial charge on any atom is -0.330 e. The molecule has 1 N–H and O–H groups in total. The van der Waals surface area contributed by atoms with Crippen LogP contribution in [0.25, 0.3) is 0 Å². The Bertz CT molecular complexity index is 576. The number of amides is 4. The Kier molecular flexibility index (Phi) is 6.31. The van der Waals surface area contributed by atoms with Crippen LogP contribution in [0.3, 0.4) is 0 Å². The van der Waals surface area contributed by atoms with Gasteiger partial charge in [-0.15, -0.1) is 0 Å². The summed E-state index contributed by atoms with van der Waals surface area (Å²) in [5.74, 6) is 0. The van der Waals surface area contributed by atoms with Crippen LogP contribution in [0, 0.1) is 0 Å².